The van der Waals surface area contributed by atoms with Crippen LogP contribution in [-0.4, -0.2) is 21.4 Å². The summed E-state index contributed by atoms with van der Waals surface area (Å²) >= 11 is 5.97. The van der Waals surface area contributed by atoms with Gasteiger partial charge in [0, 0.05) is 24.2 Å². The summed E-state index contributed by atoms with van der Waals surface area (Å²) in [4.78, 5) is 14.5. The maximum absolute atomic E-state index is 12.9. The molecule has 0 fully saturated rings. The highest BCUT2D eigenvalue weighted by Crippen LogP contribution is 2.24. The number of carbonyl (C=O) groups excluding carboxylic acids is 1. The summed E-state index contributed by atoms with van der Waals surface area (Å²) in [5.74, 6) is -0.216. The van der Waals surface area contributed by atoms with Gasteiger partial charge in [-0.1, -0.05) is 60.1 Å². The third-order valence-electron chi connectivity index (χ3n) is 4.52. The maximum Gasteiger partial charge on any atom is 0.241 e. The van der Waals surface area contributed by atoms with Gasteiger partial charge in [-0.05, 0) is 42.0 Å². The lowest BCUT2D eigenvalue weighted by Crippen LogP contribution is -2.34. The molecule has 0 aliphatic carbocycles. The number of nitrogens with zero attached hydrogens (tertiary/aromatic N) is 1. The Morgan fingerprint density at radius 1 is 0.931 bits per heavy atom. The zero-order chi connectivity index (χ0) is 20.9. The van der Waals surface area contributed by atoms with Crippen LogP contribution in [0.2, 0.25) is 5.02 Å². The zero-order valence-electron chi connectivity index (χ0n) is 15.8. The fraction of sp³-hybridized carbons (Fsp3) is 0.136. The second-order valence-corrected chi connectivity index (χ2v) is 8.68. The third-order valence-corrected chi connectivity index (χ3v) is 6.26. The number of hydrogen-bond donors (Lipinski definition) is 1. The van der Waals surface area contributed by atoms with Crippen molar-refractivity contribution >= 4 is 33.2 Å². The van der Waals surface area contributed by atoms with Gasteiger partial charge in [0.15, 0.2) is 0 Å². The monoisotopic (exact) mass is 428 g/mol. The average molecular weight is 429 g/mol. The first-order valence-corrected chi connectivity index (χ1v) is 10.9. The second-order valence-electron chi connectivity index (χ2n) is 6.53. The molecule has 3 aromatic rings. The first-order chi connectivity index (χ1) is 13.9. The van der Waals surface area contributed by atoms with Gasteiger partial charge in [0.05, 0.1) is 10.9 Å². The van der Waals surface area contributed by atoms with E-state index in [-0.39, 0.29) is 17.2 Å². The summed E-state index contributed by atoms with van der Waals surface area (Å²) < 4.78 is 28.3. The number of para-hydroxylation sites is 1. The number of hydrogen-bond acceptors (Lipinski definition) is 3. The highest BCUT2D eigenvalue weighted by Gasteiger charge is 2.25. The minimum absolute atomic E-state index is 0.0426. The van der Waals surface area contributed by atoms with E-state index in [2.05, 4.69) is 4.72 Å². The lowest BCUT2D eigenvalue weighted by molar-refractivity contribution is -0.118. The van der Waals surface area contributed by atoms with Crippen LogP contribution in [-0.2, 0) is 14.8 Å². The van der Waals surface area contributed by atoms with Crippen LogP contribution in [0.5, 0.6) is 0 Å². The van der Waals surface area contributed by atoms with Gasteiger partial charge in [-0.25, -0.2) is 13.1 Å². The van der Waals surface area contributed by atoms with Crippen LogP contribution < -0.4 is 9.62 Å². The Morgan fingerprint density at radius 2 is 1.48 bits per heavy atom. The SMILES string of the molecule is CN(C(=O)C[C@@H](NS(=O)(=O)c1ccccc1)c1ccc(Cl)cc1)c1ccccc1. The van der Waals surface area contributed by atoms with E-state index in [0.717, 1.165) is 5.69 Å². The minimum atomic E-state index is -3.81. The van der Waals surface area contributed by atoms with E-state index in [0.29, 0.717) is 10.6 Å². The van der Waals surface area contributed by atoms with Gasteiger partial charge in [-0.15, -0.1) is 0 Å². The van der Waals surface area contributed by atoms with Crippen molar-refractivity contribution in [2.75, 3.05) is 11.9 Å². The van der Waals surface area contributed by atoms with Gasteiger partial charge in [0.1, 0.15) is 0 Å². The summed E-state index contributed by atoms with van der Waals surface area (Å²) in [6.45, 7) is 0. The molecule has 29 heavy (non-hydrogen) atoms. The quantitative estimate of drug-likeness (QED) is 0.606. The molecule has 0 aliphatic heterocycles. The van der Waals surface area contributed by atoms with Crippen LogP contribution >= 0.6 is 11.6 Å². The maximum atomic E-state index is 12.9. The molecule has 3 aromatic carbocycles. The smallest absolute Gasteiger partial charge is 0.241 e. The lowest BCUT2D eigenvalue weighted by atomic mass is 10.0. The molecule has 0 saturated heterocycles. The summed E-state index contributed by atoms with van der Waals surface area (Å²) in [7, 11) is -2.14. The molecule has 0 spiro atoms. The predicted molar refractivity (Wildman–Crippen MR) is 115 cm³/mol. The van der Waals surface area contributed by atoms with E-state index in [1.165, 1.54) is 17.0 Å². The van der Waals surface area contributed by atoms with E-state index < -0.39 is 16.1 Å². The molecule has 5 nitrogen and oxygen atoms in total. The number of benzene rings is 3. The van der Waals surface area contributed by atoms with Crippen molar-refractivity contribution in [3.8, 4) is 0 Å². The zero-order valence-corrected chi connectivity index (χ0v) is 17.4. The van der Waals surface area contributed by atoms with E-state index >= 15 is 0 Å². The minimum Gasteiger partial charge on any atom is -0.315 e. The molecular formula is C22H21ClN2O3S. The first kappa shape index (κ1) is 21.0. The fourth-order valence-electron chi connectivity index (χ4n) is 2.88. The number of rotatable bonds is 7. The molecule has 0 bridgehead atoms. The van der Waals surface area contributed by atoms with E-state index in [1.807, 2.05) is 30.3 Å². The van der Waals surface area contributed by atoms with E-state index in [4.69, 9.17) is 11.6 Å². The molecule has 0 radical (unpaired) electrons. The number of carbonyl (C=O) groups is 1. The van der Waals surface area contributed by atoms with Crippen molar-refractivity contribution in [2.45, 2.75) is 17.4 Å². The Labute approximate surface area is 176 Å². The second kappa shape index (κ2) is 9.22. The third kappa shape index (κ3) is 5.44. The molecular weight excluding hydrogens is 408 g/mol. The Balaban J connectivity index is 1.87. The highest BCUT2D eigenvalue weighted by molar-refractivity contribution is 7.89. The number of amides is 1. The molecule has 3 rings (SSSR count). The Bertz CT molecular complexity index is 1060. The summed E-state index contributed by atoms with van der Waals surface area (Å²) in [6.07, 6.45) is -0.0426. The largest absolute Gasteiger partial charge is 0.315 e. The summed E-state index contributed by atoms with van der Waals surface area (Å²) in [5, 5.41) is 0.533. The number of halogens is 1. The Kier molecular flexibility index (Phi) is 6.69. The van der Waals surface area contributed by atoms with Gasteiger partial charge in [0.2, 0.25) is 15.9 Å². The molecule has 1 amide bonds. The van der Waals surface area contributed by atoms with Crippen LogP contribution in [0.25, 0.3) is 0 Å². The van der Waals surface area contributed by atoms with Crippen LogP contribution in [0.1, 0.15) is 18.0 Å². The molecule has 0 unspecified atom stereocenters. The number of nitrogens with one attached hydrogen (secondary N) is 1. The average Bonchev–Trinajstić information content (AvgIpc) is 2.74. The van der Waals surface area contributed by atoms with Crippen molar-refractivity contribution in [3.63, 3.8) is 0 Å². The molecule has 1 atom stereocenters. The number of anilines is 1. The standard InChI is InChI=1S/C22H21ClN2O3S/c1-25(19-8-4-2-5-9-19)22(26)16-21(17-12-14-18(23)15-13-17)24-29(27,28)20-10-6-3-7-11-20/h2-15,21,24H,16H2,1H3/t21-/m1/s1. The topological polar surface area (TPSA) is 66.5 Å². The van der Waals surface area contributed by atoms with E-state index in [9.17, 15) is 13.2 Å². The summed E-state index contributed by atoms with van der Waals surface area (Å²) in [5.41, 5.74) is 1.39. The molecule has 1 N–H and O–H groups in total. The fourth-order valence-corrected chi connectivity index (χ4v) is 4.26. The normalized spacial score (nSPS) is 12.3. The molecule has 0 heterocycles. The van der Waals surface area contributed by atoms with Crippen molar-refractivity contribution in [1.82, 2.24) is 4.72 Å². The van der Waals surface area contributed by atoms with Crippen LogP contribution in [0.3, 0.4) is 0 Å². The summed E-state index contributed by atoms with van der Waals surface area (Å²) in [6, 6.07) is 23.3. The molecule has 7 heteroatoms. The van der Waals surface area contributed by atoms with Crippen molar-refractivity contribution < 1.29 is 13.2 Å². The highest BCUT2D eigenvalue weighted by atomic mass is 35.5. The first-order valence-electron chi connectivity index (χ1n) is 9.01. The van der Waals surface area contributed by atoms with Gasteiger partial charge < -0.3 is 4.90 Å². The molecule has 150 valence electrons. The van der Waals surface area contributed by atoms with Crippen molar-refractivity contribution in [2.24, 2.45) is 0 Å². The van der Waals surface area contributed by atoms with Crippen LogP contribution in [0.4, 0.5) is 5.69 Å². The number of sulfonamides is 1. The predicted octanol–water partition coefficient (Wildman–Crippen LogP) is 4.41. The van der Waals surface area contributed by atoms with Gasteiger partial charge in [-0.3, -0.25) is 4.79 Å². The molecule has 0 aromatic heterocycles. The molecule has 0 saturated carbocycles. The molecule has 0 aliphatic rings. The van der Waals surface area contributed by atoms with Crippen LogP contribution in [0.15, 0.2) is 89.8 Å². The van der Waals surface area contributed by atoms with Crippen molar-refractivity contribution in [3.05, 3.63) is 95.5 Å². The van der Waals surface area contributed by atoms with E-state index in [1.54, 1.807) is 49.5 Å². The van der Waals surface area contributed by atoms with Gasteiger partial charge >= 0.3 is 0 Å². The van der Waals surface area contributed by atoms with Crippen molar-refractivity contribution in [1.29, 1.82) is 0 Å². The van der Waals surface area contributed by atoms with Crippen LogP contribution in [0, 0.1) is 0 Å². The van der Waals surface area contributed by atoms with Gasteiger partial charge in [0.25, 0.3) is 0 Å². The Morgan fingerprint density at radius 3 is 2.07 bits per heavy atom. The Hall–Kier alpha value is -2.67. The lowest BCUT2D eigenvalue weighted by Gasteiger charge is -2.23. The van der Waals surface area contributed by atoms with Gasteiger partial charge in [-0.2, -0.15) is 0 Å².